The molecule has 0 saturated heterocycles. The van der Waals surface area contributed by atoms with Gasteiger partial charge in [-0.3, -0.25) is 47.9 Å². The molecule has 0 bridgehead atoms. The monoisotopic (exact) mass is 1420 g/mol. The van der Waals surface area contributed by atoms with E-state index in [1.54, 1.807) is 32.5 Å². The first-order valence-electron chi connectivity index (χ1n) is 32.4. The van der Waals surface area contributed by atoms with E-state index in [2.05, 4.69) is 113 Å². The van der Waals surface area contributed by atoms with Crippen LogP contribution >= 0.6 is 0 Å². The highest BCUT2D eigenvalue weighted by molar-refractivity contribution is 5.84. The molecule has 0 heterocycles. The lowest BCUT2D eigenvalue weighted by atomic mass is 10.1. The summed E-state index contributed by atoms with van der Waals surface area (Å²) >= 11 is 0. The largest absolute Gasteiger partial charge is 0.395 e. The average molecular weight is 1420 g/mol. The number of carbonyl (C=O) groups is 10. The minimum absolute atomic E-state index is 0.00361. The van der Waals surface area contributed by atoms with Crippen LogP contribution in [-0.2, 0) is 96.3 Å². The molecule has 574 valence electrons. The Morgan fingerprint density at radius 1 is 0.333 bits per heavy atom. The van der Waals surface area contributed by atoms with Gasteiger partial charge in [0.15, 0.2) is 112 Å². The summed E-state index contributed by atoms with van der Waals surface area (Å²) in [6.45, 7) is 52.8. The third-order valence-corrected chi connectivity index (χ3v) is 8.49. The molecule has 0 radical (unpaired) electrons. The molecule has 0 aliphatic rings. The first-order chi connectivity index (χ1) is 46.1. The zero-order valence-electron chi connectivity index (χ0n) is 65.6. The number of nitrogens with zero attached hydrogens (tertiary/aromatic N) is 10. The first kappa shape index (κ1) is 112. The van der Waals surface area contributed by atoms with E-state index in [-0.39, 0.29) is 117 Å². The highest BCUT2D eigenvalue weighted by Crippen LogP contribution is 2.02. The highest BCUT2D eigenvalue weighted by Gasteiger charge is 2.01. The number of carbonyl (C=O) groups excluding carboxylic acids is 10. The van der Waals surface area contributed by atoms with Crippen molar-refractivity contribution in [2.75, 3.05) is 66.1 Å². The van der Waals surface area contributed by atoms with Gasteiger partial charge in [-0.25, -0.2) is 0 Å². The Morgan fingerprint density at radius 3 is 0.899 bits per heavy atom. The van der Waals surface area contributed by atoms with Gasteiger partial charge >= 0.3 is 0 Å². The van der Waals surface area contributed by atoms with Crippen molar-refractivity contribution < 1.29 is 96.3 Å². The number of Topliss-reactive ketones (excluding diaryl/α,β-unsaturated/α-hetero) is 10. The molecule has 0 aliphatic heterocycles. The van der Waals surface area contributed by atoms with E-state index in [1.165, 1.54) is 81.7 Å². The fourth-order valence-corrected chi connectivity index (χ4v) is 3.54. The second-order valence-corrected chi connectivity index (χ2v) is 22.6. The van der Waals surface area contributed by atoms with Gasteiger partial charge < -0.3 is 48.4 Å². The van der Waals surface area contributed by atoms with Gasteiger partial charge in [0.25, 0.3) is 0 Å². The minimum atomic E-state index is -0.0180. The van der Waals surface area contributed by atoms with Crippen molar-refractivity contribution in [1.29, 1.82) is 0 Å². The van der Waals surface area contributed by atoms with E-state index in [9.17, 15) is 47.9 Å². The Hall–Kier alpha value is -8.60. The number of rotatable bonds is 40. The average Bonchev–Trinajstić information content (AvgIpc) is 2.19. The summed E-state index contributed by atoms with van der Waals surface area (Å²) < 4.78 is 0. The summed E-state index contributed by atoms with van der Waals surface area (Å²) in [7, 11) is 0. The Balaban J connectivity index is -0.000000111. The smallest absolute Gasteiger partial charge is 0.174 e. The summed E-state index contributed by atoms with van der Waals surface area (Å²) in [6, 6.07) is 0. The maximum absolute atomic E-state index is 10.5. The molecule has 0 N–H and O–H groups in total. The molecule has 0 unspecified atom stereocenters. The van der Waals surface area contributed by atoms with E-state index in [1.807, 2.05) is 90.0 Å². The Kier molecular flexibility index (Phi) is 98.7. The van der Waals surface area contributed by atoms with E-state index in [0.29, 0.717) is 36.7 Å². The molecular weight excluding hydrogens is 1290 g/mol. The van der Waals surface area contributed by atoms with Crippen molar-refractivity contribution in [2.45, 2.75) is 239 Å². The van der Waals surface area contributed by atoms with Crippen LogP contribution in [0.2, 0.25) is 0 Å². The Bertz CT molecular complexity index is 2350. The summed E-state index contributed by atoms with van der Waals surface area (Å²) in [5, 5.41) is 36.0. The third-order valence-electron chi connectivity index (χ3n) is 8.49. The van der Waals surface area contributed by atoms with E-state index < -0.39 is 0 Å². The fraction of sp³-hybridized carbons (Fsp3) is 0.710. The lowest BCUT2D eigenvalue weighted by molar-refractivity contribution is -0.122. The zero-order valence-corrected chi connectivity index (χ0v) is 65.6. The molecule has 30 nitrogen and oxygen atoms in total. The van der Waals surface area contributed by atoms with Gasteiger partial charge in [-0.1, -0.05) is 128 Å². The van der Waals surface area contributed by atoms with Crippen LogP contribution in [0.5, 0.6) is 0 Å². The molecule has 0 aliphatic carbocycles. The summed E-state index contributed by atoms with van der Waals surface area (Å²) in [6.07, 6.45) is 12.7. The fourth-order valence-electron chi connectivity index (χ4n) is 3.54. The summed E-state index contributed by atoms with van der Waals surface area (Å²) in [5.41, 5.74) is 4.52. The van der Waals surface area contributed by atoms with E-state index >= 15 is 0 Å². The number of hydrogen-bond donors (Lipinski definition) is 0. The van der Waals surface area contributed by atoms with Gasteiger partial charge in [0.2, 0.25) is 0 Å². The molecule has 0 fully saturated rings. The molecule has 0 amide bonds. The van der Waals surface area contributed by atoms with Crippen LogP contribution in [0.4, 0.5) is 0 Å². The molecule has 0 spiro atoms. The lowest BCUT2D eigenvalue weighted by Crippen LogP contribution is -2.05. The number of ketones is 10. The van der Waals surface area contributed by atoms with Crippen LogP contribution in [0.1, 0.15) is 239 Å². The van der Waals surface area contributed by atoms with Crippen LogP contribution in [-0.4, -0.2) is 184 Å². The molecule has 30 heteroatoms. The lowest BCUT2D eigenvalue weighted by Gasteiger charge is -2.02. The Labute approximate surface area is 592 Å². The first-order valence-corrected chi connectivity index (χ1v) is 32.4. The van der Waals surface area contributed by atoms with Crippen LogP contribution < -0.4 is 0 Å². The van der Waals surface area contributed by atoms with Gasteiger partial charge in [0.05, 0.1) is 28.6 Å². The highest BCUT2D eigenvalue weighted by atomic mass is 16.7. The van der Waals surface area contributed by atoms with Gasteiger partial charge in [0.1, 0.15) is 12.4 Å². The van der Waals surface area contributed by atoms with Crippen molar-refractivity contribution in [3.63, 3.8) is 0 Å². The zero-order chi connectivity index (χ0) is 79.0. The SMILES string of the molecule is CC(=O)CCON=C(C)C.CC(=O)CON=C(C)C(C)C.CC(=O)CON=C(C)CC(C)C.CC(=O)CON=CC(C)C.CC(=O)CON=CCC(C)C.CC=NOCC(C)=O.CC=NOCC(C)=O.CCC(C)=NOCC(C)=O.CCC(C)=NOCC(C)=O.CCC=NOCC(C)=O. The predicted molar refractivity (Wildman–Crippen MR) is 395 cm³/mol. The van der Waals surface area contributed by atoms with Crippen LogP contribution in [0.25, 0.3) is 0 Å². The molecular formula is C69H128N10O20. The van der Waals surface area contributed by atoms with Crippen LogP contribution in [0.15, 0.2) is 51.6 Å². The van der Waals surface area contributed by atoms with Gasteiger partial charge in [-0.2, -0.15) is 0 Å². The third kappa shape index (κ3) is 160. The number of oxime groups is 10. The second-order valence-electron chi connectivity index (χ2n) is 22.6. The maximum atomic E-state index is 10.5. The quantitative estimate of drug-likeness (QED) is 0.0312. The topological polar surface area (TPSA) is 387 Å². The summed E-state index contributed by atoms with van der Waals surface area (Å²) in [4.78, 5) is 149. The van der Waals surface area contributed by atoms with Gasteiger partial charge in [-0.15, -0.1) is 0 Å². The molecule has 0 rings (SSSR count). The molecule has 99 heavy (non-hydrogen) atoms. The van der Waals surface area contributed by atoms with Gasteiger partial charge in [0, 0.05) is 37.5 Å². The van der Waals surface area contributed by atoms with Crippen LogP contribution in [0.3, 0.4) is 0 Å². The van der Waals surface area contributed by atoms with Gasteiger partial charge in [-0.05, 0) is 180 Å². The maximum Gasteiger partial charge on any atom is 0.174 e. The molecule has 0 aromatic heterocycles. The van der Waals surface area contributed by atoms with E-state index in [0.717, 1.165) is 60.7 Å². The molecule has 0 aromatic rings. The molecule has 0 aromatic carbocycles. The summed E-state index contributed by atoms with van der Waals surface area (Å²) in [5.74, 6) is 1.94. The standard InChI is InChI=1S/C9H17NO2.2C8H15NO2.4C7H13NO2.C6H11NO2.2C5H9NO2/c1-7(2)5-8(3)10-12-6-9(4)11;1-6(2)8(4)9-11-5-7(3)10;1-7(2)4-5-9-11-6-8(3)10;1-6(2)4-8-10-5-7(3)9;1-6(2)8-10-5-4-7(3)9;2*1-4-6(2)8-10-5-7(3)9;1-3-4-7-9-5-6(2)8;2*1-3-6-8-4-5(2)7/h7H,5-6H2,1-4H3;6H,5H2,1-4H3;5,7H,4,6H2,1-3H3;4,6H,5H2,1-3H3;3*4-5H2,1-3H3;4H,3,5H2,1-2H3;2*3H,4H2,1-2H3. The van der Waals surface area contributed by atoms with Crippen LogP contribution in [0, 0.1) is 23.7 Å². The van der Waals surface area contributed by atoms with Crippen molar-refractivity contribution in [3.05, 3.63) is 0 Å². The van der Waals surface area contributed by atoms with Crippen molar-refractivity contribution in [3.8, 4) is 0 Å². The van der Waals surface area contributed by atoms with E-state index in [4.69, 9.17) is 14.5 Å². The van der Waals surface area contributed by atoms with Crippen molar-refractivity contribution >= 4 is 117 Å². The van der Waals surface area contributed by atoms with Crippen molar-refractivity contribution in [1.82, 2.24) is 0 Å². The normalized spacial score (nSPS) is 10.7. The molecule has 0 atom stereocenters. The van der Waals surface area contributed by atoms with Crippen molar-refractivity contribution in [2.24, 2.45) is 75.2 Å². The Morgan fingerprint density at radius 2 is 0.636 bits per heavy atom. The second kappa shape index (κ2) is 87.4. The minimum Gasteiger partial charge on any atom is -0.395 e. The molecule has 0 saturated carbocycles. The predicted octanol–water partition coefficient (Wildman–Crippen LogP) is 12.8. The number of hydrogen-bond acceptors (Lipinski definition) is 30.